The maximum absolute atomic E-state index is 12.5. The molecule has 1 unspecified atom stereocenters. The molecular weight excluding hydrogens is 340 g/mol. The third-order valence-corrected chi connectivity index (χ3v) is 4.44. The van der Waals surface area contributed by atoms with E-state index < -0.39 is 0 Å². The predicted molar refractivity (Wildman–Crippen MR) is 94.9 cm³/mol. The van der Waals surface area contributed by atoms with Crippen molar-refractivity contribution in [3.63, 3.8) is 0 Å². The summed E-state index contributed by atoms with van der Waals surface area (Å²) in [5.74, 6) is 0.0735. The first kappa shape index (κ1) is 16.6. The minimum absolute atomic E-state index is 0.0735. The van der Waals surface area contributed by atoms with Crippen LogP contribution in [0.1, 0.15) is 18.1 Å². The number of benzene rings is 2. The van der Waals surface area contributed by atoms with E-state index in [-0.39, 0.29) is 11.9 Å². The van der Waals surface area contributed by atoms with Gasteiger partial charge >= 0.3 is 0 Å². The van der Waals surface area contributed by atoms with Crippen LogP contribution in [0.5, 0.6) is 0 Å². The molecule has 116 valence electrons. The molecule has 3 nitrogen and oxygen atoms in total. The largest absolute Gasteiger partial charge is 0.374 e. The first-order valence-corrected chi connectivity index (χ1v) is 8.08. The Labute approximate surface area is 140 Å². The van der Waals surface area contributed by atoms with E-state index in [4.69, 9.17) is 0 Å². The van der Waals surface area contributed by atoms with Crippen molar-refractivity contribution in [1.82, 2.24) is 4.90 Å². The molecule has 1 amide bonds. The second-order valence-corrected chi connectivity index (χ2v) is 6.36. The van der Waals surface area contributed by atoms with E-state index in [1.165, 1.54) is 0 Å². The summed E-state index contributed by atoms with van der Waals surface area (Å²) in [6.07, 6.45) is 0. The fraction of sp³-hybridized carbons (Fsp3) is 0.278. The summed E-state index contributed by atoms with van der Waals surface area (Å²) in [7, 11) is 1.83. The van der Waals surface area contributed by atoms with Crippen molar-refractivity contribution in [2.75, 3.05) is 12.4 Å². The number of nitrogens with zero attached hydrogens (tertiary/aromatic N) is 1. The molecule has 0 aliphatic rings. The molecule has 0 radical (unpaired) electrons. The molecule has 0 spiro atoms. The zero-order chi connectivity index (χ0) is 16.1. The number of hydrogen-bond donors (Lipinski definition) is 1. The lowest BCUT2D eigenvalue weighted by Gasteiger charge is -2.23. The molecule has 2 aromatic rings. The number of rotatable bonds is 5. The van der Waals surface area contributed by atoms with E-state index in [1.54, 1.807) is 4.90 Å². The van der Waals surface area contributed by atoms with Gasteiger partial charge in [-0.1, -0.05) is 46.3 Å². The molecule has 0 aliphatic carbocycles. The van der Waals surface area contributed by atoms with Gasteiger partial charge in [-0.25, -0.2) is 0 Å². The van der Waals surface area contributed by atoms with Crippen molar-refractivity contribution in [2.24, 2.45) is 0 Å². The van der Waals surface area contributed by atoms with E-state index in [1.807, 2.05) is 69.4 Å². The Kier molecular flexibility index (Phi) is 5.61. The molecule has 0 bridgehead atoms. The van der Waals surface area contributed by atoms with Gasteiger partial charge in [-0.3, -0.25) is 4.79 Å². The number of nitrogens with one attached hydrogen (secondary N) is 1. The molecule has 1 N–H and O–H groups in total. The number of amides is 1. The van der Waals surface area contributed by atoms with Crippen molar-refractivity contribution in [2.45, 2.75) is 26.4 Å². The van der Waals surface area contributed by atoms with Crippen molar-refractivity contribution in [3.8, 4) is 0 Å². The molecule has 22 heavy (non-hydrogen) atoms. The fourth-order valence-corrected chi connectivity index (χ4v) is 2.56. The van der Waals surface area contributed by atoms with Crippen LogP contribution in [0.25, 0.3) is 0 Å². The lowest BCUT2D eigenvalue weighted by atomic mass is 10.2. The average Bonchev–Trinajstić information content (AvgIpc) is 2.51. The quantitative estimate of drug-likeness (QED) is 0.865. The van der Waals surface area contributed by atoms with Gasteiger partial charge in [-0.2, -0.15) is 0 Å². The molecule has 0 heterocycles. The average molecular weight is 361 g/mol. The summed E-state index contributed by atoms with van der Waals surface area (Å²) in [6, 6.07) is 15.7. The number of carbonyl (C=O) groups is 1. The highest BCUT2D eigenvalue weighted by Gasteiger charge is 2.17. The predicted octanol–water partition coefficient (Wildman–Crippen LogP) is 4.22. The topological polar surface area (TPSA) is 32.3 Å². The van der Waals surface area contributed by atoms with Crippen LogP contribution in [0.2, 0.25) is 0 Å². The highest BCUT2D eigenvalue weighted by Crippen LogP contribution is 2.20. The van der Waals surface area contributed by atoms with Gasteiger partial charge in [0.1, 0.15) is 6.04 Å². The Hall–Kier alpha value is -1.81. The maximum atomic E-state index is 12.5. The molecule has 2 aromatic carbocycles. The maximum Gasteiger partial charge on any atom is 0.244 e. The molecule has 0 fully saturated rings. The van der Waals surface area contributed by atoms with Gasteiger partial charge in [0.2, 0.25) is 5.91 Å². The van der Waals surface area contributed by atoms with Crippen LogP contribution in [0, 0.1) is 6.92 Å². The van der Waals surface area contributed by atoms with Gasteiger partial charge in [0.15, 0.2) is 0 Å². The second-order valence-electron chi connectivity index (χ2n) is 5.51. The highest BCUT2D eigenvalue weighted by atomic mass is 79.9. The molecular formula is C18H21BrN2O. The molecule has 0 saturated carbocycles. The molecule has 0 aromatic heterocycles. The van der Waals surface area contributed by atoms with Gasteiger partial charge in [0, 0.05) is 23.8 Å². The van der Waals surface area contributed by atoms with E-state index in [2.05, 4.69) is 21.2 Å². The van der Waals surface area contributed by atoms with Crippen LogP contribution >= 0.6 is 15.9 Å². The SMILES string of the molecule is Cc1cc(NC(C)C(=O)N(C)Cc2ccccc2)ccc1Br. The summed E-state index contributed by atoms with van der Waals surface area (Å²) in [5, 5.41) is 3.26. The Morgan fingerprint density at radius 3 is 2.55 bits per heavy atom. The lowest BCUT2D eigenvalue weighted by Crippen LogP contribution is -2.38. The van der Waals surface area contributed by atoms with Crippen molar-refractivity contribution < 1.29 is 4.79 Å². The summed E-state index contributed by atoms with van der Waals surface area (Å²) < 4.78 is 1.07. The Balaban J connectivity index is 1.97. The normalized spacial score (nSPS) is 11.8. The van der Waals surface area contributed by atoms with Crippen molar-refractivity contribution in [3.05, 3.63) is 64.1 Å². The third-order valence-electron chi connectivity index (χ3n) is 3.55. The first-order valence-electron chi connectivity index (χ1n) is 7.29. The lowest BCUT2D eigenvalue weighted by molar-refractivity contribution is -0.130. The number of hydrogen-bond acceptors (Lipinski definition) is 2. The number of aryl methyl sites for hydroxylation is 1. The summed E-state index contributed by atoms with van der Waals surface area (Å²) in [5.41, 5.74) is 3.22. The number of likely N-dealkylation sites (N-methyl/N-ethyl adjacent to an activating group) is 1. The molecule has 0 aliphatic heterocycles. The Morgan fingerprint density at radius 1 is 1.23 bits per heavy atom. The summed E-state index contributed by atoms with van der Waals surface area (Å²) in [4.78, 5) is 14.2. The van der Waals surface area contributed by atoms with Crippen molar-refractivity contribution >= 4 is 27.5 Å². The van der Waals surface area contributed by atoms with Gasteiger partial charge in [0.25, 0.3) is 0 Å². The standard InChI is InChI=1S/C18H21BrN2O/c1-13-11-16(9-10-17(13)19)20-14(2)18(22)21(3)12-15-7-5-4-6-8-15/h4-11,14,20H,12H2,1-3H3. The van der Waals surface area contributed by atoms with Gasteiger partial charge < -0.3 is 10.2 Å². The van der Waals surface area contributed by atoms with Crippen LogP contribution in [0.15, 0.2) is 53.0 Å². The monoisotopic (exact) mass is 360 g/mol. The van der Waals surface area contributed by atoms with Gasteiger partial charge in [0.05, 0.1) is 0 Å². The van der Waals surface area contributed by atoms with Gasteiger partial charge in [-0.15, -0.1) is 0 Å². The Bertz CT molecular complexity index is 643. The minimum Gasteiger partial charge on any atom is -0.374 e. The summed E-state index contributed by atoms with van der Waals surface area (Å²) >= 11 is 3.48. The van der Waals surface area contributed by atoms with E-state index >= 15 is 0 Å². The van der Waals surface area contributed by atoms with Gasteiger partial charge in [-0.05, 0) is 43.2 Å². The van der Waals surface area contributed by atoms with Crippen LogP contribution in [-0.2, 0) is 11.3 Å². The summed E-state index contributed by atoms with van der Waals surface area (Å²) in [6.45, 7) is 4.54. The fourth-order valence-electron chi connectivity index (χ4n) is 2.31. The number of carbonyl (C=O) groups excluding carboxylic acids is 1. The molecule has 4 heteroatoms. The first-order chi connectivity index (χ1) is 10.5. The minimum atomic E-state index is -0.269. The van der Waals surface area contributed by atoms with Crippen LogP contribution in [0.4, 0.5) is 5.69 Å². The van der Waals surface area contributed by atoms with E-state index in [9.17, 15) is 4.79 Å². The zero-order valence-electron chi connectivity index (χ0n) is 13.1. The van der Waals surface area contributed by atoms with Crippen LogP contribution in [0.3, 0.4) is 0 Å². The molecule has 1 atom stereocenters. The number of anilines is 1. The highest BCUT2D eigenvalue weighted by molar-refractivity contribution is 9.10. The zero-order valence-corrected chi connectivity index (χ0v) is 14.7. The van der Waals surface area contributed by atoms with Crippen molar-refractivity contribution in [1.29, 1.82) is 0 Å². The van der Waals surface area contributed by atoms with E-state index in [0.29, 0.717) is 6.54 Å². The molecule has 2 rings (SSSR count). The smallest absolute Gasteiger partial charge is 0.244 e. The van der Waals surface area contributed by atoms with Crippen LogP contribution < -0.4 is 5.32 Å². The van der Waals surface area contributed by atoms with Crippen LogP contribution in [-0.4, -0.2) is 23.9 Å². The van der Waals surface area contributed by atoms with E-state index in [0.717, 1.165) is 21.3 Å². The molecule has 0 saturated heterocycles. The Morgan fingerprint density at radius 2 is 1.91 bits per heavy atom. The number of halogens is 1. The second kappa shape index (κ2) is 7.45. The third kappa shape index (κ3) is 4.34.